The van der Waals surface area contributed by atoms with Crippen LogP contribution in [0, 0.1) is 23.7 Å². The van der Waals surface area contributed by atoms with E-state index in [-0.39, 0.29) is 17.0 Å². The van der Waals surface area contributed by atoms with E-state index in [1.54, 1.807) is 24.3 Å². The zero-order valence-corrected chi connectivity index (χ0v) is 33.8. The Hall–Kier alpha value is -8.18. The Morgan fingerprint density at radius 2 is 0.574 bits per heavy atom. The number of ketones is 2. The highest BCUT2D eigenvalue weighted by Crippen LogP contribution is 2.35. The molecule has 0 bridgehead atoms. The first-order chi connectivity index (χ1) is 29.8. The van der Waals surface area contributed by atoms with Gasteiger partial charge in [0, 0.05) is 49.9 Å². The maximum Gasteiger partial charge on any atom is 0.193 e. The third-order valence-electron chi connectivity index (χ3n) is 10.4. The molecule has 0 N–H and O–H groups in total. The number of hydrogen-bond acceptors (Lipinski definition) is 4. The van der Waals surface area contributed by atoms with Crippen LogP contribution in [-0.4, -0.2) is 11.6 Å². The lowest BCUT2D eigenvalue weighted by atomic mass is 9.78. The van der Waals surface area contributed by atoms with Gasteiger partial charge in [0.1, 0.15) is 23.0 Å². The maximum absolute atomic E-state index is 13.2. The van der Waals surface area contributed by atoms with Crippen LogP contribution in [0.15, 0.2) is 206 Å². The highest BCUT2D eigenvalue weighted by Gasteiger charge is 2.23. The smallest absolute Gasteiger partial charge is 0.193 e. The molecule has 0 aliphatic rings. The average molecular weight is 789 g/mol. The lowest BCUT2D eigenvalue weighted by molar-refractivity contribution is 0.103. The minimum atomic E-state index is -0.291. The van der Waals surface area contributed by atoms with Crippen molar-refractivity contribution in [2.45, 2.75) is 19.3 Å². The molecule has 4 nitrogen and oxygen atoms in total. The number of carbonyl (C=O) groups excluding carboxylic acids is 2. The zero-order chi connectivity index (χ0) is 42.0. The van der Waals surface area contributed by atoms with Crippen LogP contribution in [0.3, 0.4) is 0 Å². The molecule has 0 unspecified atom stereocenters. The van der Waals surface area contributed by atoms with Crippen LogP contribution < -0.4 is 9.47 Å². The van der Waals surface area contributed by atoms with E-state index in [9.17, 15) is 9.59 Å². The van der Waals surface area contributed by atoms with E-state index in [2.05, 4.69) is 61.8 Å². The Morgan fingerprint density at radius 1 is 0.328 bits per heavy atom. The summed E-state index contributed by atoms with van der Waals surface area (Å²) in [4.78, 5) is 26.4. The Bertz CT molecular complexity index is 2690. The molecule has 4 heteroatoms. The summed E-state index contributed by atoms with van der Waals surface area (Å²) in [6.07, 6.45) is 0. The topological polar surface area (TPSA) is 52.6 Å². The van der Waals surface area contributed by atoms with Crippen molar-refractivity contribution in [3.63, 3.8) is 0 Å². The van der Waals surface area contributed by atoms with Crippen LogP contribution >= 0.6 is 0 Å². The van der Waals surface area contributed by atoms with Crippen molar-refractivity contribution in [1.29, 1.82) is 0 Å². The second-order valence-corrected chi connectivity index (χ2v) is 15.0. The van der Waals surface area contributed by atoms with Gasteiger partial charge in [-0.15, -0.1) is 0 Å². The second-order valence-electron chi connectivity index (χ2n) is 15.0. The summed E-state index contributed by atoms with van der Waals surface area (Å²) in [5, 5.41) is 0. The average Bonchev–Trinajstić information content (AvgIpc) is 3.31. The number of hydrogen-bond donors (Lipinski definition) is 0. The predicted molar refractivity (Wildman–Crippen MR) is 243 cm³/mol. The quantitative estimate of drug-likeness (QED) is 0.102. The minimum Gasteiger partial charge on any atom is -0.457 e. The first-order valence-corrected chi connectivity index (χ1v) is 20.0. The standard InChI is InChI=1S/C57H40O4/c1-57(2,49-29-37-53(38-30-49)60-51-33-25-47(26-34-51)55(58)45-21-17-43(18-22-45)15-13-41-9-5-3-6-10-41)50-31-39-54(40-32-50)61-52-35-27-48(28-36-52)56(59)46-23-19-44(20-24-46)16-14-42-11-7-4-8-12-42/h3-12,17-40H,1-2H3. The van der Waals surface area contributed by atoms with Gasteiger partial charge in [0.05, 0.1) is 0 Å². The summed E-state index contributed by atoms with van der Waals surface area (Å²) >= 11 is 0. The predicted octanol–water partition coefficient (Wildman–Crippen LogP) is 12.9. The lowest BCUT2D eigenvalue weighted by Crippen LogP contribution is -2.18. The monoisotopic (exact) mass is 788 g/mol. The summed E-state index contributed by atoms with van der Waals surface area (Å²) in [5.74, 6) is 15.1. The fourth-order valence-corrected chi connectivity index (χ4v) is 6.74. The van der Waals surface area contributed by atoms with E-state index < -0.39 is 0 Å². The minimum absolute atomic E-state index is 0.0628. The van der Waals surface area contributed by atoms with Crippen LogP contribution in [0.5, 0.6) is 23.0 Å². The second kappa shape index (κ2) is 18.2. The Kier molecular flexibility index (Phi) is 11.8. The number of benzene rings is 8. The van der Waals surface area contributed by atoms with Gasteiger partial charge in [0.25, 0.3) is 0 Å². The van der Waals surface area contributed by atoms with E-state index in [0.717, 1.165) is 33.4 Å². The molecule has 0 aromatic heterocycles. The zero-order valence-electron chi connectivity index (χ0n) is 33.8. The molecule has 0 aliphatic heterocycles. The summed E-state index contributed by atoms with van der Waals surface area (Å²) in [7, 11) is 0. The lowest BCUT2D eigenvalue weighted by Gasteiger charge is -2.26. The molecule has 8 aromatic carbocycles. The largest absolute Gasteiger partial charge is 0.457 e. The molecule has 292 valence electrons. The normalized spacial score (nSPS) is 10.7. The van der Waals surface area contributed by atoms with Crippen molar-refractivity contribution in [1.82, 2.24) is 0 Å². The first-order valence-electron chi connectivity index (χ1n) is 20.0. The van der Waals surface area contributed by atoms with Gasteiger partial charge in [-0.05, 0) is 157 Å². The van der Waals surface area contributed by atoms with Gasteiger partial charge in [0.15, 0.2) is 11.6 Å². The molecule has 0 radical (unpaired) electrons. The number of rotatable bonds is 10. The number of carbonyl (C=O) groups is 2. The highest BCUT2D eigenvalue weighted by molar-refractivity contribution is 6.09. The van der Waals surface area contributed by atoms with Crippen molar-refractivity contribution >= 4 is 11.6 Å². The van der Waals surface area contributed by atoms with Gasteiger partial charge in [-0.3, -0.25) is 9.59 Å². The van der Waals surface area contributed by atoms with Crippen molar-refractivity contribution in [3.8, 4) is 46.7 Å². The van der Waals surface area contributed by atoms with Crippen LogP contribution in [0.2, 0.25) is 0 Å². The van der Waals surface area contributed by atoms with E-state index in [4.69, 9.17) is 9.47 Å². The first kappa shape index (κ1) is 39.6. The Morgan fingerprint density at radius 3 is 0.869 bits per heavy atom. The van der Waals surface area contributed by atoms with Gasteiger partial charge in [-0.25, -0.2) is 0 Å². The number of ether oxygens (including phenoxy) is 2. The molecule has 0 fully saturated rings. The van der Waals surface area contributed by atoms with Crippen molar-refractivity contribution in [2.75, 3.05) is 0 Å². The van der Waals surface area contributed by atoms with Gasteiger partial charge in [-0.1, -0.05) is 98.2 Å². The fraction of sp³-hybridized carbons (Fsp3) is 0.0526. The maximum atomic E-state index is 13.2. The van der Waals surface area contributed by atoms with Gasteiger partial charge < -0.3 is 9.47 Å². The third-order valence-corrected chi connectivity index (χ3v) is 10.4. The summed E-state index contributed by atoms with van der Waals surface area (Å²) in [5.41, 5.74) is 7.91. The summed E-state index contributed by atoms with van der Waals surface area (Å²) < 4.78 is 12.3. The van der Waals surface area contributed by atoms with Crippen LogP contribution in [0.25, 0.3) is 0 Å². The molecule has 0 saturated heterocycles. The van der Waals surface area contributed by atoms with Gasteiger partial charge >= 0.3 is 0 Å². The summed E-state index contributed by atoms with van der Waals surface area (Å²) in [6, 6.07) is 64.9. The molecule has 8 rings (SSSR count). The molecule has 61 heavy (non-hydrogen) atoms. The van der Waals surface area contributed by atoms with E-state index in [1.807, 2.05) is 158 Å². The van der Waals surface area contributed by atoms with Crippen molar-refractivity contribution < 1.29 is 19.1 Å². The third kappa shape index (κ3) is 9.93. The fourth-order valence-electron chi connectivity index (χ4n) is 6.74. The van der Waals surface area contributed by atoms with Crippen LogP contribution in [-0.2, 0) is 5.41 Å². The van der Waals surface area contributed by atoms with E-state index >= 15 is 0 Å². The van der Waals surface area contributed by atoms with Crippen molar-refractivity contribution in [3.05, 3.63) is 262 Å². The van der Waals surface area contributed by atoms with E-state index in [1.165, 1.54) is 0 Å². The molecule has 0 spiro atoms. The summed E-state index contributed by atoms with van der Waals surface area (Å²) in [6.45, 7) is 4.36. The highest BCUT2D eigenvalue weighted by atomic mass is 16.5. The van der Waals surface area contributed by atoms with Crippen LogP contribution in [0.1, 0.15) is 79.1 Å². The Balaban J connectivity index is 0.837. The molecular weight excluding hydrogens is 749 g/mol. The van der Waals surface area contributed by atoms with Crippen LogP contribution in [0.4, 0.5) is 0 Å². The van der Waals surface area contributed by atoms with Gasteiger partial charge in [0.2, 0.25) is 0 Å². The SMILES string of the molecule is CC(C)(c1ccc(Oc2ccc(C(=O)c3ccc(C#Cc4ccccc4)cc3)cc2)cc1)c1ccc(Oc2ccc(C(=O)c3ccc(C#Cc4ccccc4)cc3)cc2)cc1. The molecule has 0 saturated carbocycles. The molecule has 0 aliphatic carbocycles. The van der Waals surface area contributed by atoms with E-state index in [0.29, 0.717) is 45.3 Å². The molecule has 0 atom stereocenters. The Labute approximate surface area is 357 Å². The van der Waals surface area contributed by atoms with Crippen molar-refractivity contribution in [2.24, 2.45) is 0 Å². The molecule has 0 heterocycles. The molecule has 0 amide bonds. The molecular formula is C57H40O4. The molecule has 8 aromatic rings. The van der Waals surface area contributed by atoms with Gasteiger partial charge in [-0.2, -0.15) is 0 Å².